The van der Waals surface area contributed by atoms with Gasteiger partial charge in [0.15, 0.2) is 5.82 Å². The Morgan fingerprint density at radius 3 is 2.88 bits per heavy atom. The van der Waals surface area contributed by atoms with Crippen LogP contribution in [0.25, 0.3) is 0 Å². The Balaban J connectivity index is 1.64. The molecule has 3 N–H and O–H groups in total. The molecule has 1 aliphatic carbocycles. The molecule has 2 atom stereocenters. The van der Waals surface area contributed by atoms with Gasteiger partial charge in [0, 0.05) is 12.0 Å². The fourth-order valence-corrected chi connectivity index (χ4v) is 3.14. The molecular weight excluding hydrogens is 326 g/mol. The van der Waals surface area contributed by atoms with Gasteiger partial charge in [0.25, 0.3) is 0 Å². The molecule has 24 heavy (non-hydrogen) atoms. The van der Waals surface area contributed by atoms with Crippen LogP contribution in [0.3, 0.4) is 0 Å². The lowest BCUT2D eigenvalue weighted by Crippen LogP contribution is -2.25. The van der Waals surface area contributed by atoms with Crippen LogP contribution < -0.4 is 11.2 Å². The number of nitrogen functional groups attached to an aromatic ring is 1. The Morgan fingerprint density at radius 1 is 1.46 bits per heavy atom. The quantitative estimate of drug-likeness (QED) is 0.586. The molecule has 1 amide bonds. The topological polar surface area (TPSA) is 104 Å². The third-order valence-corrected chi connectivity index (χ3v) is 5.27. The molecule has 2 aromatic rings. The summed E-state index contributed by atoms with van der Waals surface area (Å²) in [6.07, 6.45) is 4.85. The number of rotatable bonds is 7. The van der Waals surface area contributed by atoms with Gasteiger partial charge in [-0.3, -0.25) is 4.79 Å². The monoisotopic (exact) mass is 349 g/mol. The van der Waals surface area contributed by atoms with Crippen LogP contribution in [0.4, 0.5) is 5.82 Å². The largest absolute Gasteiger partial charge is 0.336 e. The molecule has 0 aliphatic heterocycles. The van der Waals surface area contributed by atoms with Gasteiger partial charge in [0.2, 0.25) is 11.1 Å². The van der Waals surface area contributed by atoms with E-state index in [1.165, 1.54) is 16.4 Å². The number of carbonyl (C=O) groups is 1. The van der Waals surface area contributed by atoms with Crippen LogP contribution in [0.15, 0.2) is 17.4 Å². The van der Waals surface area contributed by atoms with Gasteiger partial charge in [-0.25, -0.2) is 9.36 Å². The number of amides is 1. The van der Waals surface area contributed by atoms with Crippen molar-refractivity contribution in [3.63, 3.8) is 0 Å². The molecule has 0 radical (unpaired) electrons. The summed E-state index contributed by atoms with van der Waals surface area (Å²) in [5.41, 5.74) is 0. The highest BCUT2D eigenvalue weighted by Crippen LogP contribution is 2.39. The van der Waals surface area contributed by atoms with Crippen molar-refractivity contribution in [2.75, 3.05) is 11.2 Å². The summed E-state index contributed by atoms with van der Waals surface area (Å²) < 4.78 is 3.33. The third kappa shape index (κ3) is 3.40. The number of hydrogen-bond acceptors (Lipinski definition) is 6. The van der Waals surface area contributed by atoms with Gasteiger partial charge in [-0.15, -0.1) is 10.2 Å². The molecule has 1 fully saturated rings. The first kappa shape index (κ1) is 16.8. The van der Waals surface area contributed by atoms with Crippen LogP contribution in [0.2, 0.25) is 0 Å². The molecule has 3 rings (SSSR count). The Labute approximate surface area is 145 Å². The van der Waals surface area contributed by atoms with Gasteiger partial charge in [-0.05, 0) is 33.1 Å². The van der Waals surface area contributed by atoms with Crippen molar-refractivity contribution in [3.8, 4) is 0 Å². The maximum absolute atomic E-state index is 12.5. The van der Waals surface area contributed by atoms with Crippen LogP contribution in [0.1, 0.15) is 57.8 Å². The van der Waals surface area contributed by atoms with E-state index in [1.54, 1.807) is 12.3 Å². The first-order valence-electron chi connectivity index (χ1n) is 8.22. The highest BCUT2D eigenvalue weighted by molar-refractivity contribution is 8.00. The smallest absolute Gasteiger partial charge is 0.238 e. The second-order valence-electron chi connectivity index (χ2n) is 6.15. The zero-order chi connectivity index (χ0) is 17.3. The minimum atomic E-state index is -0.344. The highest BCUT2D eigenvalue weighted by Gasteiger charge is 2.30. The van der Waals surface area contributed by atoms with E-state index < -0.39 is 0 Å². The summed E-state index contributed by atoms with van der Waals surface area (Å²) in [6.45, 7) is 5.98. The van der Waals surface area contributed by atoms with Crippen molar-refractivity contribution in [2.24, 2.45) is 0 Å². The number of carbonyl (C=O) groups excluding carboxylic acids is 1. The van der Waals surface area contributed by atoms with Crippen molar-refractivity contribution in [1.29, 1.82) is 0 Å². The number of hydrogen-bond donors (Lipinski definition) is 2. The zero-order valence-corrected chi connectivity index (χ0v) is 15.0. The molecule has 0 saturated heterocycles. The van der Waals surface area contributed by atoms with Crippen LogP contribution in [0, 0.1) is 0 Å². The van der Waals surface area contributed by atoms with E-state index in [0.29, 0.717) is 16.9 Å². The van der Waals surface area contributed by atoms with Crippen molar-refractivity contribution in [2.45, 2.75) is 62.4 Å². The molecule has 9 heteroatoms. The first-order valence-corrected chi connectivity index (χ1v) is 9.10. The molecule has 2 aromatic heterocycles. The SMILES string of the molecule is CC[C@@H](C)n1nccc1NC(=O)[C@@H](C)Sc1nnc(C2CC2)n1N. The van der Waals surface area contributed by atoms with Gasteiger partial charge in [0.1, 0.15) is 5.82 Å². The van der Waals surface area contributed by atoms with E-state index in [0.717, 1.165) is 25.1 Å². The fourth-order valence-electron chi connectivity index (χ4n) is 2.37. The van der Waals surface area contributed by atoms with E-state index >= 15 is 0 Å². The average molecular weight is 349 g/mol. The Morgan fingerprint density at radius 2 is 2.21 bits per heavy atom. The standard InChI is InChI=1S/C15H23N7OS/c1-4-9(2)22-12(7-8-17-22)18-14(23)10(3)24-15-20-19-13(21(15)16)11-5-6-11/h7-11H,4-6,16H2,1-3H3,(H,18,23)/t9-,10-/m1/s1. The fraction of sp³-hybridized carbons (Fsp3) is 0.600. The van der Waals surface area contributed by atoms with E-state index in [9.17, 15) is 4.79 Å². The Hall–Kier alpha value is -2.03. The minimum Gasteiger partial charge on any atom is -0.336 e. The lowest BCUT2D eigenvalue weighted by atomic mass is 10.3. The molecule has 130 valence electrons. The summed E-state index contributed by atoms with van der Waals surface area (Å²) in [5.74, 6) is 7.86. The van der Waals surface area contributed by atoms with Gasteiger partial charge in [-0.2, -0.15) is 5.10 Å². The maximum Gasteiger partial charge on any atom is 0.238 e. The van der Waals surface area contributed by atoms with Crippen LogP contribution >= 0.6 is 11.8 Å². The Bertz CT molecular complexity index is 721. The van der Waals surface area contributed by atoms with Crippen molar-refractivity contribution in [1.82, 2.24) is 24.7 Å². The molecular formula is C15H23N7OS. The predicted octanol–water partition coefficient (Wildman–Crippen LogP) is 2.16. The predicted molar refractivity (Wildman–Crippen MR) is 93.3 cm³/mol. The molecule has 8 nitrogen and oxygen atoms in total. The average Bonchev–Trinajstić information content (AvgIpc) is 3.20. The lowest BCUT2D eigenvalue weighted by Gasteiger charge is -2.16. The van der Waals surface area contributed by atoms with Gasteiger partial charge >= 0.3 is 0 Å². The summed E-state index contributed by atoms with van der Waals surface area (Å²) in [7, 11) is 0. The zero-order valence-electron chi connectivity index (χ0n) is 14.1. The van der Waals surface area contributed by atoms with Crippen LogP contribution in [-0.4, -0.2) is 35.8 Å². The normalized spacial score (nSPS) is 16.8. The maximum atomic E-state index is 12.5. The molecule has 0 spiro atoms. The van der Waals surface area contributed by atoms with Gasteiger partial charge in [0.05, 0.1) is 17.5 Å². The van der Waals surface area contributed by atoms with E-state index in [2.05, 4.69) is 34.5 Å². The van der Waals surface area contributed by atoms with Gasteiger partial charge in [-0.1, -0.05) is 18.7 Å². The molecule has 1 saturated carbocycles. The van der Waals surface area contributed by atoms with Crippen molar-refractivity contribution in [3.05, 3.63) is 18.1 Å². The summed E-state index contributed by atoms with van der Waals surface area (Å²) in [6, 6.07) is 2.03. The second-order valence-corrected chi connectivity index (χ2v) is 7.46. The van der Waals surface area contributed by atoms with Gasteiger partial charge < -0.3 is 11.2 Å². The molecule has 0 unspecified atom stereocenters. The van der Waals surface area contributed by atoms with Crippen molar-refractivity contribution >= 4 is 23.5 Å². The number of nitrogens with one attached hydrogen (secondary N) is 1. The minimum absolute atomic E-state index is 0.110. The van der Waals surface area contributed by atoms with Crippen LogP contribution in [-0.2, 0) is 4.79 Å². The third-order valence-electron chi connectivity index (χ3n) is 4.21. The molecule has 1 aliphatic rings. The number of nitrogens with zero attached hydrogens (tertiary/aromatic N) is 5. The summed E-state index contributed by atoms with van der Waals surface area (Å²) in [4.78, 5) is 12.5. The summed E-state index contributed by atoms with van der Waals surface area (Å²) >= 11 is 1.31. The summed E-state index contributed by atoms with van der Waals surface area (Å²) in [5, 5.41) is 15.7. The number of thioether (sulfide) groups is 1. The molecule has 0 bridgehead atoms. The number of nitrogens with two attached hydrogens (primary N) is 1. The van der Waals surface area contributed by atoms with Crippen LogP contribution in [0.5, 0.6) is 0 Å². The Kier molecular flexibility index (Phi) is 4.79. The van der Waals surface area contributed by atoms with E-state index in [-0.39, 0.29) is 17.2 Å². The lowest BCUT2D eigenvalue weighted by molar-refractivity contribution is -0.115. The van der Waals surface area contributed by atoms with E-state index in [1.807, 2.05) is 11.6 Å². The first-order chi connectivity index (χ1) is 11.5. The molecule has 2 heterocycles. The second kappa shape index (κ2) is 6.84. The number of aromatic nitrogens is 5. The van der Waals surface area contributed by atoms with E-state index in [4.69, 9.17) is 5.84 Å². The van der Waals surface area contributed by atoms with Crippen molar-refractivity contribution < 1.29 is 4.79 Å². The highest BCUT2D eigenvalue weighted by atomic mass is 32.2. The number of anilines is 1. The molecule has 0 aromatic carbocycles.